The summed E-state index contributed by atoms with van der Waals surface area (Å²) in [4.78, 5) is 42.4. The zero-order chi connectivity index (χ0) is 28.0. The Labute approximate surface area is 234 Å². The highest BCUT2D eigenvalue weighted by Crippen LogP contribution is 2.35. The van der Waals surface area contributed by atoms with Crippen LogP contribution in [0.25, 0.3) is 0 Å². The summed E-state index contributed by atoms with van der Waals surface area (Å²) in [7, 11) is -2.33. The van der Waals surface area contributed by atoms with E-state index in [4.69, 9.17) is 34.8 Å². The first-order valence-corrected chi connectivity index (χ1v) is 13.9. The lowest BCUT2D eigenvalue weighted by Gasteiger charge is -2.18. The fourth-order valence-electron chi connectivity index (χ4n) is 3.50. The number of nitrogens with one attached hydrogen (secondary N) is 2. The maximum atomic E-state index is 12.5. The van der Waals surface area contributed by atoms with Crippen molar-refractivity contribution >= 4 is 68.4 Å². The molecule has 3 amide bonds. The van der Waals surface area contributed by atoms with Gasteiger partial charge in [-0.1, -0.05) is 59.1 Å². The number of halogens is 3. The molecule has 0 saturated heterocycles. The van der Waals surface area contributed by atoms with Gasteiger partial charge in [-0.2, -0.15) is 0 Å². The first kappa shape index (κ1) is 29.7. The van der Waals surface area contributed by atoms with Gasteiger partial charge in [-0.3, -0.25) is 24.8 Å². The fourth-order valence-corrected chi connectivity index (χ4v) is 5.62. The van der Waals surface area contributed by atoms with Gasteiger partial charge in [0.25, 0.3) is 0 Å². The Morgan fingerprint density at radius 1 is 1.05 bits per heavy atom. The predicted octanol–water partition coefficient (Wildman–Crippen LogP) is 2.48. The van der Waals surface area contributed by atoms with E-state index in [0.717, 1.165) is 5.56 Å². The van der Waals surface area contributed by atoms with Gasteiger partial charge in [0.05, 0.1) is 46.1 Å². The van der Waals surface area contributed by atoms with Crippen LogP contribution >= 0.6 is 34.8 Å². The summed E-state index contributed by atoms with van der Waals surface area (Å²) in [5.74, 6) is -1.14. The minimum atomic E-state index is -3.90. The number of carboxylic acid groups (broad SMARTS) is 1. The molecule has 2 aromatic carbocycles. The Hall–Kier alpha value is -2.90. The molecule has 0 saturated carbocycles. The predicted molar refractivity (Wildman–Crippen MR) is 144 cm³/mol. The van der Waals surface area contributed by atoms with Gasteiger partial charge in [0, 0.05) is 19.2 Å². The molecule has 1 aliphatic heterocycles. The highest BCUT2D eigenvalue weighted by atomic mass is 35.5. The molecule has 11 nitrogen and oxygen atoms in total. The molecule has 0 spiro atoms. The van der Waals surface area contributed by atoms with E-state index < -0.39 is 27.7 Å². The largest absolute Gasteiger partial charge is 0.465 e. The molecule has 3 rings (SSSR count). The summed E-state index contributed by atoms with van der Waals surface area (Å²) in [6.07, 6.45) is -1.06. The first-order valence-electron chi connectivity index (χ1n) is 11.1. The van der Waals surface area contributed by atoms with Crippen molar-refractivity contribution in [1.29, 1.82) is 0 Å². The summed E-state index contributed by atoms with van der Waals surface area (Å²) < 4.78 is 25.0. The number of carbonyl (C=O) groups excluding carboxylic acids is 2. The van der Waals surface area contributed by atoms with Gasteiger partial charge in [0.15, 0.2) is 9.84 Å². The monoisotopic (exact) mass is 603 g/mol. The number of rotatable bonds is 10. The van der Waals surface area contributed by atoms with Crippen LogP contribution in [-0.4, -0.2) is 86.2 Å². The minimum Gasteiger partial charge on any atom is -0.465 e. The second-order valence-corrected chi connectivity index (χ2v) is 11.3. The first-order chi connectivity index (χ1) is 17.9. The summed E-state index contributed by atoms with van der Waals surface area (Å²) in [6.45, 7) is 0.333. The van der Waals surface area contributed by atoms with E-state index in [1.54, 1.807) is 31.3 Å². The van der Waals surface area contributed by atoms with Gasteiger partial charge in [0.2, 0.25) is 11.8 Å². The van der Waals surface area contributed by atoms with Crippen molar-refractivity contribution in [3.05, 3.63) is 62.6 Å². The van der Waals surface area contributed by atoms with Crippen LogP contribution in [0.4, 0.5) is 4.79 Å². The Morgan fingerprint density at radius 2 is 1.74 bits per heavy atom. The quantitative estimate of drug-likeness (QED) is 0.353. The molecule has 1 heterocycles. The number of amidine groups is 1. The van der Waals surface area contributed by atoms with Crippen LogP contribution in [0.1, 0.15) is 11.1 Å². The van der Waals surface area contributed by atoms with Gasteiger partial charge < -0.3 is 15.3 Å². The standard InChI is InChI=1S/C23H24Cl3N5O6S/c1-30(12-14-2-4-15(5-3-14)22-28-8-9-31(22)23(34)35)19(33)11-29-18(32)10-27-13-38(36,37)17-7-6-16(24)20(25)21(17)26/h2-7,27H,8-13H2,1H3,(H,29,32)(H,34,35). The van der Waals surface area contributed by atoms with E-state index in [2.05, 4.69) is 15.6 Å². The summed E-state index contributed by atoms with van der Waals surface area (Å²) in [6, 6.07) is 9.54. The third kappa shape index (κ3) is 7.35. The molecule has 15 heteroatoms. The molecule has 0 fully saturated rings. The van der Waals surface area contributed by atoms with Gasteiger partial charge >= 0.3 is 6.09 Å². The van der Waals surface area contributed by atoms with E-state index in [9.17, 15) is 27.9 Å². The molecule has 0 unspecified atom stereocenters. The molecule has 0 atom stereocenters. The maximum Gasteiger partial charge on any atom is 0.413 e. The highest BCUT2D eigenvalue weighted by Gasteiger charge is 2.24. The molecule has 0 radical (unpaired) electrons. The number of aliphatic imine (C=N–C) groups is 1. The Morgan fingerprint density at radius 3 is 2.39 bits per heavy atom. The van der Waals surface area contributed by atoms with E-state index >= 15 is 0 Å². The molecule has 204 valence electrons. The zero-order valence-electron chi connectivity index (χ0n) is 20.1. The van der Waals surface area contributed by atoms with Crippen LogP contribution in [0.15, 0.2) is 46.3 Å². The second-order valence-electron chi connectivity index (χ2n) is 8.22. The van der Waals surface area contributed by atoms with Gasteiger partial charge in [0.1, 0.15) is 11.7 Å². The number of amides is 3. The zero-order valence-corrected chi connectivity index (χ0v) is 23.2. The van der Waals surface area contributed by atoms with Crippen LogP contribution in [0.2, 0.25) is 15.1 Å². The molecule has 0 aliphatic carbocycles. The topological polar surface area (TPSA) is 148 Å². The lowest BCUT2D eigenvalue weighted by atomic mass is 10.1. The third-order valence-electron chi connectivity index (χ3n) is 5.48. The maximum absolute atomic E-state index is 12.5. The van der Waals surface area contributed by atoms with Crippen molar-refractivity contribution in [1.82, 2.24) is 20.4 Å². The van der Waals surface area contributed by atoms with E-state index in [0.29, 0.717) is 24.5 Å². The van der Waals surface area contributed by atoms with Crippen LogP contribution in [0, 0.1) is 0 Å². The van der Waals surface area contributed by atoms with Crippen molar-refractivity contribution in [2.45, 2.75) is 11.4 Å². The van der Waals surface area contributed by atoms with Crippen molar-refractivity contribution in [3.63, 3.8) is 0 Å². The van der Waals surface area contributed by atoms with E-state index in [-0.39, 0.29) is 45.5 Å². The van der Waals surface area contributed by atoms with Crippen molar-refractivity contribution < 1.29 is 27.9 Å². The van der Waals surface area contributed by atoms with Crippen LogP contribution < -0.4 is 10.6 Å². The molecule has 0 bridgehead atoms. The van der Waals surface area contributed by atoms with E-state index in [1.807, 2.05) is 0 Å². The van der Waals surface area contributed by atoms with Crippen molar-refractivity contribution in [2.75, 3.05) is 39.1 Å². The van der Waals surface area contributed by atoms with Crippen LogP contribution in [0.3, 0.4) is 0 Å². The summed E-state index contributed by atoms with van der Waals surface area (Å²) in [5.41, 5.74) is 1.45. The summed E-state index contributed by atoms with van der Waals surface area (Å²) in [5, 5.41) is 14.0. The molecule has 2 aromatic rings. The normalized spacial score (nSPS) is 13.3. The van der Waals surface area contributed by atoms with Crippen molar-refractivity contribution in [3.8, 4) is 0 Å². The molecular weight excluding hydrogens is 581 g/mol. The second kappa shape index (κ2) is 12.8. The fraction of sp³-hybridized carbons (Fsp3) is 0.304. The Balaban J connectivity index is 1.44. The number of sulfone groups is 1. The number of nitrogens with zero attached hydrogens (tertiary/aromatic N) is 3. The number of carbonyl (C=O) groups is 3. The Kier molecular flexibility index (Phi) is 9.96. The lowest BCUT2D eigenvalue weighted by molar-refractivity contribution is -0.132. The Bertz CT molecular complexity index is 1370. The van der Waals surface area contributed by atoms with E-state index in [1.165, 1.54) is 21.9 Å². The number of hydrogen-bond donors (Lipinski definition) is 3. The summed E-state index contributed by atoms with van der Waals surface area (Å²) >= 11 is 17.7. The highest BCUT2D eigenvalue weighted by molar-refractivity contribution is 7.91. The third-order valence-corrected chi connectivity index (χ3v) is 8.48. The molecule has 0 aromatic heterocycles. The average molecular weight is 605 g/mol. The number of hydrogen-bond acceptors (Lipinski definition) is 7. The molecule has 1 aliphatic rings. The van der Waals surface area contributed by atoms with Crippen molar-refractivity contribution in [2.24, 2.45) is 4.99 Å². The average Bonchev–Trinajstić information content (AvgIpc) is 3.36. The molecule has 38 heavy (non-hydrogen) atoms. The van der Waals surface area contributed by atoms with Crippen LogP contribution in [0.5, 0.6) is 0 Å². The number of benzene rings is 2. The van der Waals surface area contributed by atoms with Crippen LogP contribution in [-0.2, 0) is 26.0 Å². The number of likely N-dealkylation sites (N-methyl/N-ethyl adjacent to an activating group) is 1. The lowest BCUT2D eigenvalue weighted by Crippen LogP contribution is -2.42. The molecular formula is C23H24Cl3N5O6S. The van der Waals surface area contributed by atoms with Gasteiger partial charge in [-0.05, 0) is 17.7 Å². The van der Waals surface area contributed by atoms with Gasteiger partial charge in [-0.25, -0.2) is 13.2 Å². The SMILES string of the molecule is CN(Cc1ccc(C2=NCCN2C(=O)O)cc1)C(=O)CNC(=O)CNCS(=O)(=O)c1ccc(Cl)c(Cl)c1Cl. The smallest absolute Gasteiger partial charge is 0.413 e. The molecule has 3 N–H and O–H groups in total. The minimum absolute atomic E-state index is 0.0845. The van der Waals surface area contributed by atoms with Gasteiger partial charge in [-0.15, -0.1) is 0 Å².